The fourth-order valence-corrected chi connectivity index (χ4v) is 0.920. The van der Waals surface area contributed by atoms with Gasteiger partial charge < -0.3 is 0 Å². The lowest BCUT2D eigenvalue weighted by Gasteiger charge is -1.98. The lowest BCUT2D eigenvalue weighted by Crippen LogP contribution is -2.00. The van der Waals surface area contributed by atoms with Gasteiger partial charge in [0.15, 0.2) is 0 Å². The summed E-state index contributed by atoms with van der Waals surface area (Å²) in [6.07, 6.45) is 2.70. The number of hydrogen-bond acceptors (Lipinski definition) is 1. The monoisotopic (exact) mass is 148 g/mol. The summed E-state index contributed by atoms with van der Waals surface area (Å²) in [6, 6.07) is 2.00. The van der Waals surface area contributed by atoms with Crippen molar-refractivity contribution in [2.45, 2.75) is 26.8 Å². The van der Waals surface area contributed by atoms with Crippen LogP contribution in [0.25, 0.3) is 0 Å². The van der Waals surface area contributed by atoms with Crippen molar-refractivity contribution in [2.24, 2.45) is 0 Å². The van der Waals surface area contributed by atoms with Crippen LogP contribution < -0.4 is 0 Å². The Labute approximate surface area is 67.2 Å². The molecule has 2 heteroatoms. The van der Waals surface area contributed by atoms with E-state index >= 15 is 0 Å². The van der Waals surface area contributed by atoms with Crippen LogP contribution in [0.1, 0.15) is 19.0 Å². The van der Waals surface area contributed by atoms with E-state index in [9.17, 15) is 0 Å². The molecule has 0 spiro atoms. The van der Waals surface area contributed by atoms with E-state index in [0.29, 0.717) is 0 Å². The molecule has 0 aliphatic carbocycles. The van der Waals surface area contributed by atoms with E-state index in [1.54, 1.807) is 0 Å². The second kappa shape index (κ2) is 3.82. The van der Waals surface area contributed by atoms with Gasteiger partial charge >= 0.3 is 0 Å². The highest BCUT2D eigenvalue weighted by Crippen LogP contribution is 1.96. The Kier molecular flexibility index (Phi) is 2.74. The summed E-state index contributed by atoms with van der Waals surface area (Å²) < 4.78 is 1.96. The molecule has 0 aliphatic rings. The molecule has 0 atom stereocenters. The Morgan fingerprint density at radius 3 is 3.00 bits per heavy atom. The zero-order valence-corrected chi connectivity index (χ0v) is 6.96. The van der Waals surface area contributed by atoms with Gasteiger partial charge in [-0.15, -0.1) is 11.8 Å². The van der Waals surface area contributed by atoms with Gasteiger partial charge in [0.05, 0.1) is 6.54 Å². The van der Waals surface area contributed by atoms with Crippen LogP contribution in [-0.4, -0.2) is 9.78 Å². The molecule has 1 heterocycles. The highest BCUT2D eigenvalue weighted by molar-refractivity contribution is 4.99. The van der Waals surface area contributed by atoms with Crippen LogP contribution >= 0.6 is 0 Å². The van der Waals surface area contributed by atoms with Crippen LogP contribution in [-0.2, 0) is 6.54 Å². The minimum Gasteiger partial charge on any atom is -0.269 e. The number of aromatic nitrogens is 2. The standard InChI is InChI=1S/C9H12N2/c1-3-4-5-8-11-9(2)6-7-10-11/h6-7H,5,8H2,1-2H3. The van der Waals surface area contributed by atoms with Crippen LogP contribution in [0.4, 0.5) is 0 Å². The topological polar surface area (TPSA) is 17.8 Å². The van der Waals surface area contributed by atoms with E-state index in [1.165, 1.54) is 5.69 Å². The fourth-order valence-electron chi connectivity index (χ4n) is 0.920. The van der Waals surface area contributed by atoms with Crippen LogP contribution in [0, 0.1) is 18.8 Å². The average molecular weight is 148 g/mol. The summed E-state index contributed by atoms with van der Waals surface area (Å²) in [5.41, 5.74) is 1.20. The molecule has 58 valence electrons. The molecule has 0 fully saturated rings. The molecule has 0 unspecified atom stereocenters. The van der Waals surface area contributed by atoms with Crippen molar-refractivity contribution in [1.29, 1.82) is 0 Å². The number of nitrogens with zero attached hydrogens (tertiary/aromatic N) is 2. The van der Waals surface area contributed by atoms with Gasteiger partial charge in [0.1, 0.15) is 0 Å². The first kappa shape index (κ1) is 7.87. The van der Waals surface area contributed by atoms with E-state index < -0.39 is 0 Å². The maximum Gasteiger partial charge on any atom is 0.0521 e. The second-order valence-electron chi connectivity index (χ2n) is 2.37. The third kappa shape index (κ3) is 2.12. The average Bonchev–Trinajstić information content (AvgIpc) is 2.37. The highest BCUT2D eigenvalue weighted by atomic mass is 15.3. The van der Waals surface area contributed by atoms with Crippen molar-refractivity contribution in [3.63, 3.8) is 0 Å². The van der Waals surface area contributed by atoms with Crippen LogP contribution in [0.3, 0.4) is 0 Å². The lowest BCUT2D eigenvalue weighted by atomic mass is 10.4. The molecule has 0 N–H and O–H groups in total. The first-order valence-electron chi connectivity index (χ1n) is 3.72. The van der Waals surface area contributed by atoms with Crippen molar-refractivity contribution < 1.29 is 0 Å². The normalized spacial score (nSPS) is 8.91. The van der Waals surface area contributed by atoms with Crippen molar-refractivity contribution in [3.05, 3.63) is 18.0 Å². The van der Waals surface area contributed by atoms with E-state index in [1.807, 2.05) is 30.8 Å². The number of aryl methyl sites for hydroxylation is 2. The van der Waals surface area contributed by atoms with E-state index in [-0.39, 0.29) is 0 Å². The maximum atomic E-state index is 4.14. The van der Waals surface area contributed by atoms with E-state index in [4.69, 9.17) is 0 Å². The molecular weight excluding hydrogens is 136 g/mol. The van der Waals surface area contributed by atoms with Gasteiger partial charge in [-0.1, -0.05) is 0 Å². The first-order valence-corrected chi connectivity index (χ1v) is 3.72. The van der Waals surface area contributed by atoms with Gasteiger partial charge in [-0.3, -0.25) is 4.68 Å². The first-order chi connectivity index (χ1) is 5.34. The van der Waals surface area contributed by atoms with Crippen molar-refractivity contribution in [1.82, 2.24) is 9.78 Å². The molecule has 0 aliphatic heterocycles. The zero-order chi connectivity index (χ0) is 8.10. The van der Waals surface area contributed by atoms with Crippen LogP contribution in [0.15, 0.2) is 12.3 Å². The van der Waals surface area contributed by atoms with Crippen molar-refractivity contribution in [3.8, 4) is 11.8 Å². The van der Waals surface area contributed by atoms with Gasteiger partial charge in [-0.25, -0.2) is 0 Å². The molecule has 0 radical (unpaired) electrons. The minimum absolute atomic E-state index is 0.888. The molecule has 2 nitrogen and oxygen atoms in total. The van der Waals surface area contributed by atoms with Crippen LogP contribution in [0.5, 0.6) is 0 Å². The molecule has 1 aromatic rings. The molecule has 11 heavy (non-hydrogen) atoms. The maximum absolute atomic E-state index is 4.14. The van der Waals surface area contributed by atoms with Crippen LogP contribution in [0.2, 0.25) is 0 Å². The fraction of sp³-hybridized carbons (Fsp3) is 0.444. The lowest BCUT2D eigenvalue weighted by molar-refractivity contribution is 0.612. The third-order valence-electron chi connectivity index (χ3n) is 1.55. The second-order valence-corrected chi connectivity index (χ2v) is 2.37. The molecule has 0 bridgehead atoms. The summed E-state index contributed by atoms with van der Waals surface area (Å²) >= 11 is 0. The minimum atomic E-state index is 0.888. The Morgan fingerprint density at radius 2 is 2.45 bits per heavy atom. The van der Waals surface area contributed by atoms with Gasteiger partial charge in [-0.05, 0) is 19.9 Å². The predicted octanol–water partition coefficient (Wildman–Crippen LogP) is 1.60. The largest absolute Gasteiger partial charge is 0.269 e. The van der Waals surface area contributed by atoms with E-state index in [0.717, 1.165) is 13.0 Å². The summed E-state index contributed by atoms with van der Waals surface area (Å²) in [7, 11) is 0. The van der Waals surface area contributed by atoms with Gasteiger partial charge in [-0.2, -0.15) is 5.10 Å². The Bertz CT molecular complexity index is 275. The quantitative estimate of drug-likeness (QED) is 0.582. The Hall–Kier alpha value is -1.23. The Balaban J connectivity index is 2.48. The summed E-state index contributed by atoms with van der Waals surface area (Å²) in [5.74, 6) is 5.86. The Morgan fingerprint density at radius 1 is 1.64 bits per heavy atom. The molecule has 0 saturated carbocycles. The van der Waals surface area contributed by atoms with Gasteiger partial charge in [0.25, 0.3) is 0 Å². The highest BCUT2D eigenvalue weighted by Gasteiger charge is 1.92. The van der Waals surface area contributed by atoms with E-state index in [2.05, 4.69) is 16.9 Å². The third-order valence-corrected chi connectivity index (χ3v) is 1.55. The molecule has 1 aromatic heterocycles. The summed E-state index contributed by atoms with van der Waals surface area (Å²) in [6.45, 7) is 4.81. The van der Waals surface area contributed by atoms with Gasteiger partial charge in [0, 0.05) is 18.3 Å². The molecule has 0 amide bonds. The molecule has 0 aromatic carbocycles. The molecular formula is C9H12N2. The SMILES string of the molecule is CC#CCCn1nccc1C. The number of hydrogen-bond donors (Lipinski definition) is 0. The van der Waals surface area contributed by atoms with Crippen molar-refractivity contribution in [2.75, 3.05) is 0 Å². The molecule has 1 rings (SSSR count). The smallest absolute Gasteiger partial charge is 0.0521 e. The predicted molar refractivity (Wildman–Crippen MR) is 45.0 cm³/mol. The summed E-state index contributed by atoms with van der Waals surface area (Å²) in [4.78, 5) is 0. The summed E-state index contributed by atoms with van der Waals surface area (Å²) in [5, 5.41) is 4.14. The van der Waals surface area contributed by atoms with Gasteiger partial charge in [0.2, 0.25) is 0 Å². The van der Waals surface area contributed by atoms with Crippen molar-refractivity contribution >= 4 is 0 Å². The zero-order valence-electron chi connectivity index (χ0n) is 6.96. The number of rotatable bonds is 2. The molecule has 0 saturated heterocycles.